The maximum Gasteiger partial charge on any atom is 0.0359 e. The number of para-hydroxylation sites is 1. The van der Waals surface area contributed by atoms with Crippen molar-refractivity contribution in [1.82, 2.24) is 5.32 Å². The SMILES string of the molecule is CC(C)C(CN)NCc1ccccc1N. The van der Waals surface area contributed by atoms with Crippen LogP contribution in [0.4, 0.5) is 5.69 Å². The van der Waals surface area contributed by atoms with E-state index in [2.05, 4.69) is 19.2 Å². The second-order valence-electron chi connectivity index (χ2n) is 4.17. The predicted molar refractivity (Wildman–Crippen MR) is 65.4 cm³/mol. The van der Waals surface area contributed by atoms with Crippen molar-refractivity contribution in [3.05, 3.63) is 29.8 Å². The average Bonchev–Trinajstić information content (AvgIpc) is 2.21. The van der Waals surface area contributed by atoms with Gasteiger partial charge in [0.25, 0.3) is 0 Å². The molecule has 0 saturated carbocycles. The maximum absolute atomic E-state index is 5.85. The summed E-state index contributed by atoms with van der Waals surface area (Å²) in [5, 5.41) is 3.42. The number of hydrogen-bond acceptors (Lipinski definition) is 3. The average molecular weight is 207 g/mol. The van der Waals surface area contributed by atoms with E-state index in [1.807, 2.05) is 24.3 Å². The minimum Gasteiger partial charge on any atom is -0.398 e. The molecule has 1 atom stereocenters. The molecule has 0 aliphatic rings. The molecular weight excluding hydrogens is 186 g/mol. The third kappa shape index (κ3) is 3.53. The van der Waals surface area contributed by atoms with E-state index in [0.29, 0.717) is 18.5 Å². The Bertz CT molecular complexity index is 297. The van der Waals surface area contributed by atoms with E-state index >= 15 is 0 Å². The highest BCUT2D eigenvalue weighted by atomic mass is 14.9. The van der Waals surface area contributed by atoms with Crippen LogP contribution in [-0.2, 0) is 6.54 Å². The first-order valence-electron chi connectivity index (χ1n) is 5.42. The molecular formula is C12H21N3. The smallest absolute Gasteiger partial charge is 0.0359 e. The highest BCUT2D eigenvalue weighted by Gasteiger charge is 2.10. The van der Waals surface area contributed by atoms with Crippen molar-refractivity contribution in [2.45, 2.75) is 26.4 Å². The minimum atomic E-state index is 0.351. The standard InChI is InChI=1S/C12H21N3/c1-9(2)12(7-13)15-8-10-5-3-4-6-11(10)14/h3-6,9,12,15H,7-8,13-14H2,1-2H3. The first kappa shape index (κ1) is 12.0. The monoisotopic (exact) mass is 207 g/mol. The van der Waals surface area contributed by atoms with Gasteiger partial charge in [0.15, 0.2) is 0 Å². The molecule has 0 spiro atoms. The van der Waals surface area contributed by atoms with Crippen LogP contribution >= 0.6 is 0 Å². The van der Waals surface area contributed by atoms with Crippen LogP contribution in [0, 0.1) is 5.92 Å². The summed E-state index contributed by atoms with van der Waals surface area (Å²) in [6, 6.07) is 8.26. The van der Waals surface area contributed by atoms with Gasteiger partial charge in [-0.3, -0.25) is 0 Å². The Morgan fingerprint density at radius 1 is 1.27 bits per heavy atom. The Balaban J connectivity index is 2.53. The van der Waals surface area contributed by atoms with Gasteiger partial charge in [-0.1, -0.05) is 32.0 Å². The van der Waals surface area contributed by atoms with E-state index < -0.39 is 0 Å². The van der Waals surface area contributed by atoms with Crippen molar-refractivity contribution in [3.63, 3.8) is 0 Å². The first-order valence-corrected chi connectivity index (χ1v) is 5.42. The van der Waals surface area contributed by atoms with Crippen LogP contribution in [0.25, 0.3) is 0 Å². The molecule has 1 aromatic rings. The van der Waals surface area contributed by atoms with Crippen LogP contribution in [0.3, 0.4) is 0 Å². The molecule has 0 aromatic heterocycles. The zero-order valence-electron chi connectivity index (χ0n) is 9.53. The summed E-state index contributed by atoms with van der Waals surface area (Å²) in [4.78, 5) is 0. The molecule has 1 unspecified atom stereocenters. The summed E-state index contributed by atoms with van der Waals surface area (Å²) < 4.78 is 0. The zero-order chi connectivity index (χ0) is 11.3. The van der Waals surface area contributed by atoms with E-state index in [-0.39, 0.29) is 0 Å². The fourth-order valence-electron chi connectivity index (χ4n) is 1.53. The summed E-state index contributed by atoms with van der Waals surface area (Å²) in [7, 11) is 0. The molecule has 1 rings (SSSR count). The Labute approximate surface area is 91.9 Å². The van der Waals surface area contributed by atoms with E-state index in [1.165, 1.54) is 0 Å². The van der Waals surface area contributed by atoms with Gasteiger partial charge in [-0.25, -0.2) is 0 Å². The van der Waals surface area contributed by atoms with Gasteiger partial charge in [-0.15, -0.1) is 0 Å². The van der Waals surface area contributed by atoms with Gasteiger partial charge in [-0.2, -0.15) is 0 Å². The molecule has 0 saturated heterocycles. The third-order valence-electron chi connectivity index (χ3n) is 2.67. The number of nitrogen functional groups attached to an aromatic ring is 1. The van der Waals surface area contributed by atoms with Crippen LogP contribution < -0.4 is 16.8 Å². The molecule has 1 aromatic carbocycles. The summed E-state index contributed by atoms with van der Waals surface area (Å²) in [5.41, 5.74) is 13.5. The Morgan fingerprint density at radius 3 is 2.47 bits per heavy atom. The van der Waals surface area contributed by atoms with Gasteiger partial charge < -0.3 is 16.8 Å². The van der Waals surface area contributed by atoms with Crippen LogP contribution in [-0.4, -0.2) is 12.6 Å². The van der Waals surface area contributed by atoms with Crippen molar-refractivity contribution in [1.29, 1.82) is 0 Å². The van der Waals surface area contributed by atoms with E-state index in [9.17, 15) is 0 Å². The van der Waals surface area contributed by atoms with Crippen molar-refractivity contribution in [2.24, 2.45) is 11.7 Å². The molecule has 0 fully saturated rings. The highest BCUT2D eigenvalue weighted by molar-refractivity contribution is 5.46. The highest BCUT2D eigenvalue weighted by Crippen LogP contribution is 2.10. The summed E-state index contributed by atoms with van der Waals surface area (Å²) >= 11 is 0. The van der Waals surface area contributed by atoms with Crippen LogP contribution in [0.15, 0.2) is 24.3 Å². The number of anilines is 1. The number of nitrogens with one attached hydrogen (secondary N) is 1. The number of rotatable bonds is 5. The number of hydrogen-bond donors (Lipinski definition) is 3. The fourth-order valence-corrected chi connectivity index (χ4v) is 1.53. The fraction of sp³-hybridized carbons (Fsp3) is 0.500. The molecule has 3 heteroatoms. The first-order chi connectivity index (χ1) is 7.15. The molecule has 0 bridgehead atoms. The Morgan fingerprint density at radius 2 is 1.93 bits per heavy atom. The van der Waals surface area contributed by atoms with Gasteiger partial charge in [-0.05, 0) is 17.5 Å². The number of nitrogens with two attached hydrogens (primary N) is 2. The molecule has 0 amide bonds. The van der Waals surface area contributed by atoms with Gasteiger partial charge in [0.05, 0.1) is 0 Å². The molecule has 0 heterocycles. The molecule has 0 aliphatic heterocycles. The van der Waals surface area contributed by atoms with Gasteiger partial charge in [0, 0.05) is 24.8 Å². The van der Waals surface area contributed by atoms with E-state index in [0.717, 1.165) is 17.8 Å². The normalized spacial score (nSPS) is 13.1. The Kier molecular flexibility index (Phi) is 4.59. The van der Waals surface area contributed by atoms with Crippen molar-refractivity contribution in [2.75, 3.05) is 12.3 Å². The zero-order valence-corrected chi connectivity index (χ0v) is 9.53. The predicted octanol–water partition coefficient (Wildman–Crippen LogP) is 1.34. The maximum atomic E-state index is 5.85. The molecule has 0 radical (unpaired) electrons. The topological polar surface area (TPSA) is 64.1 Å². The van der Waals surface area contributed by atoms with Gasteiger partial charge >= 0.3 is 0 Å². The van der Waals surface area contributed by atoms with Crippen LogP contribution in [0.2, 0.25) is 0 Å². The van der Waals surface area contributed by atoms with Crippen LogP contribution in [0.1, 0.15) is 19.4 Å². The third-order valence-corrected chi connectivity index (χ3v) is 2.67. The Hall–Kier alpha value is -1.06. The molecule has 15 heavy (non-hydrogen) atoms. The van der Waals surface area contributed by atoms with Crippen molar-refractivity contribution >= 4 is 5.69 Å². The second kappa shape index (κ2) is 5.73. The van der Waals surface area contributed by atoms with E-state index in [1.54, 1.807) is 0 Å². The molecule has 84 valence electrons. The summed E-state index contributed by atoms with van der Waals surface area (Å²) in [6.07, 6.45) is 0. The largest absolute Gasteiger partial charge is 0.398 e. The summed E-state index contributed by atoms with van der Waals surface area (Å²) in [5.74, 6) is 0.542. The molecule has 5 N–H and O–H groups in total. The van der Waals surface area contributed by atoms with Crippen LogP contribution in [0.5, 0.6) is 0 Å². The second-order valence-corrected chi connectivity index (χ2v) is 4.17. The number of benzene rings is 1. The summed E-state index contributed by atoms with van der Waals surface area (Å²) in [6.45, 7) is 5.77. The lowest BCUT2D eigenvalue weighted by Crippen LogP contribution is -2.39. The van der Waals surface area contributed by atoms with E-state index in [4.69, 9.17) is 11.5 Å². The van der Waals surface area contributed by atoms with Crippen molar-refractivity contribution in [3.8, 4) is 0 Å². The van der Waals surface area contributed by atoms with Gasteiger partial charge in [0.1, 0.15) is 0 Å². The minimum absolute atomic E-state index is 0.351. The molecule has 3 nitrogen and oxygen atoms in total. The van der Waals surface area contributed by atoms with Gasteiger partial charge in [0.2, 0.25) is 0 Å². The lowest BCUT2D eigenvalue weighted by Gasteiger charge is -2.21. The quantitative estimate of drug-likeness (QED) is 0.638. The molecule has 0 aliphatic carbocycles. The van der Waals surface area contributed by atoms with Crippen molar-refractivity contribution < 1.29 is 0 Å². The lowest BCUT2D eigenvalue weighted by molar-refractivity contribution is 0.405. The lowest BCUT2D eigenvalue weighted by atomic mass is 10.0.